The van der Waals surface area contributed by atoms with Crippen LogP contribution < -0.4 is 0 Å². The third-order valence-electron chi connectivity index (χ3n) is 4.80. The Hall–Kier alpha value is -3.06. The highest BCUT2D eigenvalue weighted by Gasteiger charge is 2.15. The van der Waals surface area contributed by atoms with Gasteiger partial charge in [-0.2, -0.15) is 0 Å². The Morgan fingerprint density at radius 3 is 2.29 bits per heavy atom. The molecule has 0 N–H and O–H groups in total. The molecule has 1 heterocycles. The second-order valence-electron chi connectivity index (χ2n) is 6.26. The van der Waals surface area contributed by atoms with Crippen molar-refractivity contribution in [3.63, 3.8) is 0 Å². The van der Waals surface area contributed by atoms with Crippen LogP contribution in [0.2, 0.25) is 0 Å². The van der Waals surface area contributed by atoms with E-state index >= 15 is 0 Å². The fourth-order valence-electron chi connectivity index (χ4n) is 3.64. The summed E-state index contributed by atoms with van der Waals surface area (Å²) >= 11 is 0. The number of hydrogen-bond donors (Lipinski definition) is 0. The smallest absolute Gasteiger partial charge is 0.138 e. The summed E-state index contributed by atoms with van der Waals surface area (Å²) in [6.45, 7) is 2.11. The van der Waals surface area contributed by atoms with Crippen LogP contribution in [0.15, 0.2) is 83.3 Å². The Kier molecular flexibility index (Phi) is 2.77. The van der Waals surface area contributed by atoms with Crippen LogP contribution in [0.1, 0.15) is 5.56 Å². The van der Waals surface area contributed by atoms with Crippen molar-refractivity contribution in [3.8, 4) is 11.1 Å². The molecule has 0 saturated heterocycles. The maximum absolute atomic E-state index is 6.16. The van der Waals surface area contributed by atoms with E-state index in [2.05, 4.69) is 73.7 Å². The number of furan rings is 1. The number of para-hydroxylation sites is 1. The van der Waals surface area contributed by atoms with Gasteiger partial charge in [-0.05, 0) is 40.5 Å². The molecule has 0 aliphatic heterocycles. The monoisotopic (exact) mass is 308 g/mol. The first-order valence-electron chi connectivity index (χ1n) is 8.22. The van der Waals surface area contributed by atoms with E-state index in [0.717, 1.165) is 11.2 Å². The zero-order chi connectivity index (χ0) is 16.1. The molecule has 24 heavy (non-hydrogen) atoms. The van der Waals surface area contributed by atoms with E-state index in [0.29, 0.717) is 0 Å². The van der Waals surface area contributed by atoms with Crippen LogP contribution in [0.3, 0.4) is 0 Å². The van der Waals surface area contributed by atoms with E-state index in [1.54, 1.807) is 0 Å². The number of hydrogen-bond acceptors (Lipinski definition) is 1. The van der Waals surface area contributed by atoms with Crippen LogP contribution in [0.5, 0.6) is 0 Å². The molecule has 5 rings (SSSR count). The molecule has 0 amide bonds. The topological polar surface area (TPSA) is 13.1 Å². The Labute approximate surface area is 140 Å². The van der Waals surface area contributed by atoms with Gasteiger partial charge >= 0.3 is 0 Å². The summed E-state index contributed by atoms with van der Waals surface area (Å²) in [6.07, 6.45) is 0. The van der Waals surface area contributed by atoms with E-state index in [9.17, 15) is 0 Å². The van der Waals surface area contributed by atoms with Crippen LogP contribution in [0.4, 0.5) is 0 Å². The highest BCUT2D eigenvalue weighted by atomic mass is 16.3. The second kappa shape index (κ2) is 4.97. The van der Waals surface area contributed by atoms with Crippen molar-refractivity contribution in [3.05, 3.63) is 84.4 Å². The zero-order valence-corrected chi connectivity index (χ0v) is 13.4. The molecule has 0 saturated carbocycles. The van der Waals surface area contributed by atoms with Gasteiger partial charge in [0.15, 0.2) is 0 Å². The average molecular weight is 308 g/mol. The molecule has 0 bridgehead atoms. The van der Waals surface area contributed by atoms with Crippen molar-refractivity contribution in [1.82, 2.24) is 0 Å². The van der Waals surface area contributed by atoms with Crippen LogP contribution >= 0.6 is 0 Å². The van der Waals surface area contributed by atoms with Crippen LogP contribution in [0.25, 0.3) is 43.8 Å². The van der Waals surface area contributed by atoms with E-state index in [-0.39, 0.29) is 0 Å². The lowest BCUT2D eigenvalue weighted by atomic mass is 9.93. The summed E-state index contributed by atoms with van der Waals surface area (Å²) in [5.74, 6) is 0. The van der Waals surface area contributed by atoms with Gasteiger partial charge in [0.05, 0.1) is 0 Å². The van der Waals surface area contributed by atoms with Crippen molar-refractivity contribution in [2.45, 2.75) is 6.92 Å². The predicted octanol–water partition coefficient (Wildman–Crippen LogP) is 6.71. The molecular formula is C23H16O. The molecule has 0 radical (unpaired) electrons. The standard InChI is InChI=1S/C23H16O/c1-15-13-14-19(18-11-6-8-16-7-2-3-9-17(16)18)22-20-10-4-5-12-21(20)24-23(15)22/h2-14H,1H3. The summed E-state index contributed by atoms with van der Waals surface area (Å²) in [6, 6.07) is 27.7. The van der Waals surface area contributed by atoms with Gasteiger partial charge < -0.3 is 4.42 Å². The first-order valence-corrected chi connectivity index (χ1v) is 8.22. The summed E-state index contributed by atoms with van der Waals surface area (Å²) in [7, 11) is 0. The van der Waals surface area contributed by atoms with Crippen LogP contribution in [-0.2, 0) is 0 Å². The van der Waals surface area contributed by atoms with Crippen molar-refractivity contribution in [2.24, 2.45) is 0 Å². The third kappa shape index (κ3) is 1.82. The Morgan fingerprint density at radius 2 is 1.38 bits per heavy atom. The average Bonchev–Trinajstić information content (AvgIpc) is 3.03. The van der Waals surface area contributed by atoms with Crippen molar-refractivity contribution >= 4 is 32.7 Å². The largest absolute Gasteiger partial charge is 0.456 e. The van der Waals surface area contributed by atoms with Gasteiger partial charge in [0.2, 0.25) is 0 Å². The van der Waals surface area contributed by atoms with Crippen LogP contribution in [-0.4, -0.2) is 0 Å². The van der Waals surface area contributed by atoms with Gasteiger partial charge in [-0.25, -0.2) is 0 Å². The van der Waals surface area contributed by atoms with Crippen molar-refractivity contribution in [2.75, 3.05) is 0 Å². The fourth-order valence-corrected chi connectivity index (χ4v) is 3.64. The summed E-state index contributed by atoms with van der Waals surface area (Å²) in [5.41, 5.74) is 5.59. The SMILES string of the molecule is Cc1ccc(-c2cccc3ccccc23)c2c1oc1ccccc12. The van der Waals surface area contributed by atoms with Gasteiger partial charge in [0.1, 0.15) is 11.2 Å². The van der Waals surface area contributed by atoms with Crippen molar-refractivity contribution in [1.29, 1.82) is 0 Å². The highest BCUT2D eigenvalue weighted by molar-refractivity contribution is 6.15. The molecule has 4 aromatic carbocycles. The minimum atomic E-state index is 0.947. The molecule has 114 valence electrons. The summed E-state index contributed by atoms with van der Waals surface area (Å²) in [5, 5.41) is 4.92. The normalized spacial score (nSPS) is 11.5. The lowest BCUT2D eigenvalue weighted by Gasteiger charge is -2.09. The first kappa shape index (κ1) is 13.4. The lowest BCUT2D eigenvalue weighted by Crippen LogP contribution is -1.84. The van der Waals surface area contributed by atoms with E-state index in [1.807, 2.05) is 12.1 Å². The molecule has 0 spiro atoms. The zero-order valence-electron chi connectivity index (χ0n) is 13.4. The number of rotatable bonds is 1. The lowest BCUT2D eigenvalue weighted by molar-refractivity contribution is 0.666. The molecule has 1 aromatic heterocycles. The first-order chi connectivity index (χ1) is 11.8. The minimum Gasteiger partial charge on any atom is -0.456 e. The molecule has 1 nitrogen and oxygen atoms in total. The Bertz CT molecular complexity index is 1210. The Balaban J connectivity index is 1.98. The molecule has 0 aliphatic rings. The van der Waals surface area contributed by atoms with Gasteiger partial charge in [0.25, 0.3) is 0 Å². The maximum atomic E-state index is 6.16. The number of aryl methyl sites for hydroxylation is 1. The molecule has 0 aliphatic carbocycles. The summed E-state index contributed by atoms with van der Waals surface area (Å²) in [4.78, 5) is 0. The third-order valence-corrected chi connectivity index (χ3v) is 4.80. The molecule has 0 unspecified atom stereocenters. The number of benzene rings is 4. The second-order valence-corrected chi connectivity index (χ2v) is 6.26. The highest BCUT2D eigenvalue weighted by Crippen LogP contribution is 2.40. The molecule has 5 aromatic rings. The summed E-state index contributed by atoms with van der Waals surface area (Å²) < 4.78 is 6.16. The van der Waals surface area contributed by atoms with Gasteiger partial charge in [-0.15, -0.1) is 0 Å². The predicted molar refractivity (Wildman–Crippen MR) is 101 cm³/mol. The van der Waals surface area contributed by atoms with Gasteiger partial charge in [-0.1, -0.05) is 72.8 Å². The fraction of sp³-hybridized carbons (Fsp3) is 0.0435. The van der Waals surface area contributed by atoms with E-state index < -0.39 is 0 Å². The molecule has 1 heteroatoms. The Morgan fingerprint density at radius 1 is 0.625 bits per heavy atom. The maximum Gasteiger partial charge on any atom is 0.138 e. The van der Waals surface area contributed by atoms with Gasteiger partial charge in [-0.3, -0.25) is 0 Å². The quantitative estimate of drug-likeness (QED) is 0.335. The van der Waals surface area contributed by atoms with Crippen molar-refractivity contribution < 1.29 is 4.42 Å². The molecule has 0 atom stereocenters. The van der Waals surface area contributed by atoms with Gasteiger partial charge in [0, 0.05) is 10.8 Å². The minimum absolute atomic E-state index is 0.947. The number of fused-ring (bicyclic) bond motifs is 4. The van der Waals surface area contributed by atoms with E-state index in [1.165, 1.54) is 38.2 Å². The van der Waals surface area contributed by atoms with E-state index in [4.69, 9.17) is 4.42 Å². The molecular weight excluding hydrogens is 292 g/mol. The van der Waals surface area contributed by atoms with Crippen LogP contribution in [0, 0.1) is 6.92 Å². The molecule has 0 fully saturated rings.